The number of nitrogens with zero attached hydrogens (tertiary/aromatic N) is 1. The Bertz CT molecular complexity index is 486. The summed E-state index contributed by atoms with van der Waals surface area (Å²) in [6.45, 7) is 0. The highest BCUT2D eigenvalue weighted by atomic mass is 16.6. The molecule has 0 aliphatic rings. The SMILES string of the molecule is COc1cc([N+](=O)[O-])ccc1C(=O)NC(N)=O. The van der Waals surface area contributed by atoms with E-state index in [1.807, 2.05) is 5.32 Å². The number of urea groups is 1. The van der Waals surface area contributed by atoms with Crippen molar-refractivity contribution in [1.29, 1.82) is 0 Å². The summed E-state index contributed by atoms with van der Waals surface area (Å²) in [7, 11) is 1.25. The van der Waals surface area contributed by atoms with Crippen LogP contribution >= 0.6 is 0 Å². The van der Waals surface area contributed by atoms with E-state index in [1.54, 1.807) is 0 Å². The number of ether oxygens (including phenoxy) is 1. The van der Waals surface area contributed by atoms with E-state index >= 15 is 0 Å². The summed E-state index contributed by atoms with van der Waals surface area (Å²) >= 11 is 0. The molecule has 0 radical (unpaired) electrons. The van der Waals surface area contributed by atoms with Crippen LogP contribution < -0.4 is 15.8 Å². The molecule has 1 aromatic rings. The number of rotatable bonds is 3. The van der Waals surface area contributed by atoms with Gasteiger partial charge in [0.2, 0.25) is 0 Å². The first-order valence-electron chi connectivity index (χ1n) is 4.39. The molecule has 8 heteroatoms. The van der Waals surface area contributed by atoms with Crippen molar-refractivity contribution in [2.45, 2.75) is 0 Å². The topological polar surface area (TPSA) is 125 Å². The molecule has 1 aromatic carbocycles. The fourth-order valence-electron chi connectivity index (χ4n) is 1.16. The Hall–Kier alpha value is -2.64. The van der Waals surface area contributed by atoms with Crippen molar-refractivity contribution in [3.05, 3.63) is 33.9 Å². The quantitative estimate of drug-likeness (QED) is 0.583. The molecule has 0 unspecified atom stereocenters. The Morgan fingerprint density at radius 1 is 1.47 bits per heavy atom. The van der Waals surface area contributed by atoms with Crippen LogP contribution in [0.15, 0.2) is 18.2 Å². The van der Waals surface area contributed by atoms with E-state index in [4.69, 9.17) is 10.5 Å². The van der Waals surface area contributed by atoms with Gasteiger partial charge in [-0.3, -0.25) is 20.2 Å². The zero-order valence-electron chi connectivity index (χ0n) is 8.80. The third-order valence-electron chi connectivity index (χ3n) is 1.88. The number of nitro groups is 1. The van der Waals surface area contributed by atoms with Gasteiger partial charge in [-0.15, -0.1) is 0 Å². The second kappa shape index (κ2) is 4.92. The maximum absolute atomic E-state index is 11.5. The van der Waals surface area contributed by atoms with E-state index in [2.05, 4.69) is 0 Å². The Morgan fingerprint density at radius 3 is 2.59 bits per heavy atom. The number of nitrogens with one attached hydrogen (secondary N) is 1. The minimum Gasteiger partial charge on any atom is -0.496 e. The predicted molar refractivity (Wildman–Crippen MR) is 56.7 cm³/mol. The first-order valence-corrected chi connectivity index (χ1v) is 4.39. The number of imide groups is 1. The second-order valence-corrected chi connectivity index (χ2v) is 2.96. The maximum Gasteiger partial charge on any atom is 0.319 e. The molecule has 3 amide bonds. The lowest BCUT2D eigenvalue weighted by Gasteiger charge is -2.06. The third-order valence-corrected chi connectivity index (χ3v) is 1.88. The van der Waals surface area contributed by atoms with Crippen molar-refractivity contribution in [3.8, 4) is 5.75 Å². The molecule has 1 rings (SSSR count). The van der Waals surface area contributed by atoms with E-state index in [0.717, 1.165) is 12.1 Å². The zero-order chi connectivity index (χ0) is 13.0. The second-order valence-electron chi connectivity index (χ2n) is 2.96. The van der Waals surface area contributed by atoms with Crippen LogP contribution in [0.25, 0.3) is 0 Å². The molecule has 0 aliphatic heterocycles. The summed E-state index contributed by atoms with van der Waals surface area (Å²) < 4.78 is 4.82. The van der Waals surface area contributed by atoms with Crippen LogP contribution in [0.2, 0.25) is 0 Å². The van der Waals surface area contributed by atoms with Gasteiger partial charge in [0.1, 0.15) is 5.75 Å². The number of nitrogens with two attached hydrogens (primary N) is 1. The predicted octanol–water partition coefficient (Wildman–Crippen LogP) is 0.412. The van der Waals surface area contributed by atoms with Crippen LogP contribution in [0.5, 0.6) is 5.75 Å². The number of benzene rings is 1. The fraction of sp³-hybridized carbons (Fsp3) is 0.111. The van der Waals surface area contributed by atoms with Gasteiger partial charge in [-0.1, -0.05) is 0 Å². The van der Waals surface area contributed by atoms with Crippen LogP contribution in [-0.4, -0.2) is 24.0 Å². The van der Waals surface area contributed by atoms with Crippen LogP contribution in [0.4, 0.5) is 10.5 Å². The number of carbonyl (C=O) groups excluding carboxylic acids is 2. The first-order chi connectivity index (χ1) is 7.95. The summed E-state index contributed by atoms with van der Waals surface area (Å²) in [5.41, 5.74) is 4.54. The van der Waals surface area contributed by atoms with Crippen molar-refractivity contribution in [3.63, 3.8) is 0 Å². The molecule has 0 spiro atoms. The van der Waals surface area contributed by atoms with E-state index in [0.29, 0.717) is 0 Å². The highest BCUT2D eigenvalue weighted by Crippen LogP contribution is 2.24. The molecule has 0 heterocycles. The van der Waals surface area contributed by atoms with Gasteiger partial charge in [-0.2, -0.15) is 0 Å². The Kier molecular flexibility index (Phi) is 3.60. The monoisotopic (exact) mass is 239 g/mol. The summed E-state index contributed by atoms with van der Waals surface area (Å²) in [6, 6.07) is 2.36. The maximum atomic E-state index is 11.5. The average Bonchev–Trinajstić information content (AvgIpc) is 2.27. The fourth-order valence-corrected chi connectivity index (χ4v) is 1.16. The minimum atomic E-state index is -1.02. The summed E-state index contributed by atoms with van der Waals surface area (Å²) in [5, 5.41) is 12.3. The van der Waals surface area contributed by atoms with Crippen molar-refractivity contribution < 1.29 is 19.2 Å². The summed E-state index contributed by atoms with van der Waals surface area (Å²) in [4.78, 5) is 31.8. The number of hydrogen-bond donors (Lipinski definition) is 2. The highest BCUT2D eigenvalue weighted by Gasteiger charge is 2.17. The summed E-state index contributed by atoms with van der Waals surface area (Å²) in [6.07, 6.45) is 0. The van der Waals surface area contributed by atoms with Crippen molar-refractivity contribution >= 4 is 17.6 Å². The molecule has 0 atom stereocenters. The molecule has 0 aromatic heterocycles. The molecule has 90 valence electrons. The van der Waals surface area contributed by atoms with E-state index in [-0.39, 0.29) is 17.0 Å². The standard InChI is InChI=1S/C9H9N3O5/c1-17-7-4-5(12(15)16)2-3-6(7)8(13)11-9(10)14/h2-4H,1H3,(H3,10,11,13,14). The lowest BCUT2D eigenvalue weighted by molar-refractivity contribution is -0.384. The van der Waals surface area contributed by atoms with Crippen LogP contribution in [-0.2, 0) is 0 Å². The van der Waals surface area contributed by atoms with Gasteiger partial charge in [0.25, 0.3) is 11.6 Å². The number of carbonyl (C=O) groups is 2. The normalized spacial score (nSPS) is 9.47. The highest BCUT2D eigenvalue weighted by molar-refractivity contribution is 6.05. The van der Waals surface area contributed by atoms with Gasteiger partial charge in [0.05, 0.1) is 23.7 Å². The van der Waals surface area contributed by atoms with Gasteiger partial charge in [-0.05, 0) is 6.07 Å². The van der Waals surface area contributed by atoms with Crippen LogP contribution in [0.3, 0.4) is 0 Å². The Balaban J connectivity index is 3.12. The van der Waals surface area contributed by atoms with Gasteiger partial charge in [-0.25, -0.2) is 4.79 Å². The molecule has 8 nitrogen and oxygen atoms in total. The van der Waals surface area contributed by atoms with E-state index in [9.17, 15) is 19.7 Å². The van der Waals surface area contributed by atoms with Crippen molar-refractivity contribution in [2.24, 2.45) is 5.73 Å². The number of methoxy groups -OCH3 is 1. The molecule has 0 saturated heterocycles. The molecule has 0 bridgehead atoms. The number of amides is 3. The largest absolute Gasteiger partial charge is 0.496 e. The van der Waals surface area contributed by atoms with Gasteiger partial charge in [0.15, 0.2) is 0 Å². The molecule has 17 heavy (non-hydrogen) atoms. The smallest absolute Gasteiger partial charge is 0.319 e. The molecule has 0 aliphatic carbocycles. The molecular weight excluding hydrogens is 230 g/mol. The number of primary amides is 1. The first kappa shape index (κ1) is 12.4. The Morgan fingerprint density at radius 2 is 2.12 bits per heavy atom. The van der Waals surface area contributed by atoms with Crippen LogP contribution in [0.1, 0.15) is 10.4 Å². The van der Waals surface area contributed by atoms with Crippen molar-refractivity contribution in [2.75, 3.05) is 7.11 Å². The van der Waals surface area contributed by atoms with Crippen molar-refractivity contribution in [1.82, 2.24) is 5.32 Å². The minimum absolute atomic E-state index is 0.0158. The Labute approximate surface area is 95.5 Å². The molecule has 3 N–H and O–H groups in total. The third kappa shape index (κ3) is 2.91. The lowest BCUT2D eigenvalue weighted by atomic mass is 10.1. The molecule has 0 saturated carbocycles. The zero-order valence-corrected chi connectivity index (χ0v) is 8.80. The van der Waals surface area contributed by atoms with Crippen LogP contribution in [0, 0.1) is 10.1 Å². The van der Waals surface area contributed by atoms with E-state index < -0.39 is 16.9 Å². The number of hydrogen-bond acceptors (Lipinski definition) is 5. The lowest BCUT2D eigenvalue weighted by Crippen LogP contribution is -2.35. The molecule has 0 fully saturated rings. The average molecular weight is 239 g/mol. The number of non-ortho nitro benzene ring substituents is 1. The number of nitro benzene ring substituents is 1. The summed E-state index contributed by atoms with van der Waals surface area (Å²) in [5.74, 6) is -0.804. The molecular formula is C9H9N3O5. The van der Waals surface area contributed by atoms with Gasteiger partial charge in [0, 0.05) is 6.07 Å². The van der Waals surface area contributed by atoms with Gasteiger partial charge < -0.3 is 10.5 Å². The van der Waals surface area contributed by atoms with Gasteiger partial charge >= 0.3 is 6.03 Å². The van der Waals surface area contributed by atoms with E-state index in [1.165, 1.54) is 13.2 Å².